The third kappa shape index (κ3) is 4.63. The fourth-order valence-corrected chi connectivity index (χ4v) is 6.18. The highest BCUT2D eigenvalue weighted by Crippen LogP contribution is 2.57. The summed E-state index contributed by atoms with van der Waals surface area (Å²) in [5.41, 5.74) is -0.0866. The summed E-state index contributed by atoms with van der Waals surface area (Å²) in [7, 11) is 0. The lowest BCUT2D eigenvalue weighted by Gasteiger charge is -2.37. The van der Waals surface area contributed by atoms with Crippen LogP contribution in [-0.2, 0) is 15.0 Å². The van der Waals surface area contributed by atoms with E-state index in [-0.39, 0.29) is 33.4 Å². The molecule has 8 nitrogen and oxygen atoms in total. The lowest BCUT2D eigenvalue weighted by Crippen LogP contribution is -2.49. The standard InChI is InChI=1S/C28H25Cl2FN6O2/c1-27(2,3)10-20-28(17-8-7-14(29)9-19(17)36-26(28)39)22(16-5-4-6-18(30)23(16)31)24(37-20)25(38)35-15-12-33-21(11-32)34-13-15/h4-9,12-13,20,22,24,37H,10H2,1-3H3,(H,35,38)(H,36,39)/t20-,22+,24+,28?/m0/s1. The Morgan fingerprint density at radius 2 is 1.92 bits per heavy atom. The van der Waals surface area contributed by atoms with Gasteiger partial charge in [0.25, 0.3) is 0 Å². The molecule has 1 aromatic heterocycles. The van der Waals surface area contributed by atoms with Crippen LogP contribution < -0.4 is 16.0 Å². The summed E-state index contributed by atoms with van der Waals surface area (Å²) in [5.74, 6) is -2.60. The van der Waals surface area contributed by atoms with Gasteiger partial charge >= 0.3 is 0 Å². The third-order valence-corrected chi connectivity index (χ3v) is 7.77. The van der Waals surface area contributed by atoms with Crippen molar-refractivity contribution in [1.29, 1.82) is 5.26 Å². The van der Waals surface area contributed by atoms with E-state index in [1.165, 1.54) is 18.5 Å². The third-order valence-electron chi connectivity index (χ3n) is 7.24. The van der Waals surface area contributed by atoms with Crippen LogP contribution in [0.25, 0.3) is 0 Å². The van der Waals surface area contributed by atoms with Gasteiger partial charge in [-0.15, -0.1) is 0 Å². The highest BCUT2D eigenvalue weighted by molar-refractivity contribution is 6.31. The zero-order valence-electron chi connectivity index (χ0n) is 21.3. The minimum atomic E-state index is -1.36. The number of halogens is 3. The SMILES string of the molecule is CC(C)(C)C[C@@H]1N[C@@H](C(=O)Nc2cnc(C#N)nc2)[C@@H](c2cccc(Cl)c2F)C12C(=O)Nc1cc(Cl)ccc12. The molecule has 0 aliphatic carbocycles. The maximum absolute atomic E-state index is 15.8. The number of rotatable bonds is 4. The molecule has 1 spiro atoms. The first-order chi connectivity index (χ1) is 18.5. The average molecular weight is 567 g/mol. The van der Waals surface area contributed by atoms with Gasteiger partial charge in [0.15, 0.2) is 0 Å². The molecule has 4 atom stereocenters. The largest absolute Gasteiger partial charge is 0.325 e. The van der Waals surface area contributed by atoms with E-state index >= 15 is 4.39 Å². The predicted molar refractivity (Wildman–Crippen MR) is 146 cm³/mol. The fourth-order valence-electron chi connectivity index (χ4n) is 5.82. The molecular formula is C28H25Cl2FN6O2. The molecule has 3 heterocycles. The Labute approximate surface area is 234 Å². The molecule has 0 saturated carbocycles. The number of nitriles is 1. The van der Waals surface area contributed by atoms with Crippen molar-refractivity contribution in [3.05, 3.63) is 81.6 Å². The second-order valence-electron chi connectivity index (χ2n) is 11.0. The molecule has 2 aliphatic heterocycles. The van der Waals surface area contributed by atoms with Crippen molar-refractivity contribution in [3.63, 3.8) is 0 Å². The summed E-state index contributed by atoms with van der Waals surface area (Å²) in [6.45, 7) is 6.11. The van der Waals surface area contributed by atoms with E-state index in [2.05, 4.69) is 25.9 Å². The quantitative estimate of drug-likeness (QED) is 0.400. The molecule has 0 bridgehead atoms. The Morgan fingerprint density at radius 3 is 2.59 bits per heavy atom. The second-order valence-corrected chi connectivity index (χ2v) is 11.8. The van der Waals surface area contributed by atoms with Crippen molar-refractivity contribution in [2.24, 2.45) is 5.41 Å². The van der Waals surface area contributed by atoms with Crippen LogP contribution in [0.4, 0.5) is 15.8 Å². The summed E-state index contributed by atoms with van der Waals surface area (Å²) in [6.07, 6.45) is 3.12. The molecule has 2 amide bonds. The monoisotopic (exact) mass is 566 g/mol. The van der Waals surface area contributed by atoms with Gasteiger partial charge in [-0.3, -0.25) is 9.59 Å². The van der Waals surface area contributed by atoms with Gasteiger partial charge in [-0.25, -0.2) is 14.4 Å². The molecule has 11 heteroatoms. The lowest BCUT2D eigenvalue weighted by atomic mass is 9.62. The zero-order chi connectivity index (χ0) is 28.1. The minimum Gasteiger partial charge on any atom is -0.325 e. The van der Waals surface area contributed by atoms with Gasteiger partial charge in [0.1, 0.15) is 17.3 Å². The molecule has 2 aromatic carbocycles. The maximum atomic E-state index is 15.8. The van der Waals surface area contributed by atoms with E-state index in [9.17, 15) is 9.59 Å². The first-order valence-electron chi connectivity index (χ1n) is 12.3. The van der Waals surface area contributed by atoms with Gasteiger partial charge in [0, 0.05) is 22.7 Å². The van der Waals surface area contributed by atoms with Crippen molar-refractivity contribution in [3.8, 4) is 6.07 Å². The molecular weight excluding hydrogens is 542 g/mol. The Balaban J connectivity index is 1.71. The van der Waals surface area contributed by atoms with Crippen molar-refractivity contribution < 1.29 is 14.0 Å². The number of aromatic nitrogens is 2. The first-order valence-corrected chi connectivity index (χ1v) is 13.1. The molecule has 3 N–H and O–H groups in total. The molecule has 0 radical (unpaired) electrons. The van der Waals surface area contributed by atoms with E-state index in [1.807, 2.05) is 26.8 Å². The number of carbonyl (C=O) groups excluding carboxylic acids is 2. The van der Waals surface area contributed by atoms with Gasteiger partial charge < -0.3 is 16.0 Å². The van der Waals surface area contributed by atoms with E-state index in [4.69, 9.17) is 28.5 Å². The molecule has 1 unspecified atom stereocenters. The van der Waals surface area contributed by atoms with Crippen molar-refractivity contribution in [1.82, 2.24) is 15.3 Å². The second kappa shape index (κ2) is 9.87. The topological polar surface area (TPSA) is 120 Å². The van der Waals surface area contributed by atoms with E-state index in [0.717, 1.165) is 0 Å². The van der Waals surface area contributed by atoms with Crippen LogP contribution in [0.2, 0.25) is 10.0 Å². The van der Waals surface area contributed by atoms with E-state index in [0.29, 0.717) is 22.7 Å². The summed E-state index contributed by atoms with van der Waals surface area (Å²) in [4.78, 5) is 35.8. The molecule has 200 valence electrons. The summed E-state index contributed by atoms with van der Waals surface area (Å²) in [5, 5.41) is 18.4. The van der Waals surface area contributed by atoms with Crippen LogP contribution in [0.15, 0.2) is 48.8 Å². The number of nitrogens with zero attached hydrogens (tertiary/aromatic N) is 3. The van der Waals surface area contributed by atoms with Crippen LogP contribution in [0.5, 0.6) is 0 Å². The molecule has 3 aromatic rings. The highest BCUT2D eigenvalue weighted by atomic mass is 35.5. The minimum absolute atomic E-state index is 0.0482. The number of carbonyl (C=O) groups is 2. The smallest absolute Gasteiger partial charge is 0.242 e. The van der Waals surface area contributed by atoms with E-state index in [1.54, 1.807) is 30.3 Å². The summed E-state index contributed by atoms with van der Waals surface area (Å²) >= 11 is 12.5. The van der Waals surface area contributed by atoms with Crippen LogP contribution in [0.1, 0.15) is 50.1 Å². The normalized spacial score (nSPS) is 23.8. The molecule has 39 heavy (non-hydrogen) atoms. The van der Waals surface area contributed by atoms with Gasteiger partial charge in [0.2, 0.25) is 17.6 Å². The van der Waals surface area contributed by atoms with Gasteiger partial charge in [-0.05, 0) is 41.2 Å². The Morgan fingerprint density at radius 1 is 1.21 bits per heavy atom. The van der Waals surface area contributed by atoms with Gasteiger partial charge in [0.05, 0.1) is 29.1 Å². The predicted octanol–water partition coefficient (Wildman–Crippen LogP) is 5.18. The van der Waals surface area contributed by atoms with Crippen molar-refractivity contribution >= 4 is 46.4 Å². The number of hydrogen-bond donors (Lipinski definition) is 3. The number of hydrogen-bond acceptors (Lipinski definition) is 6. The van der Waals surface area contributed by atoms with Crippen LogP contribution >= 0.6 is 23.2 Å². The van der Waals surface area contributed by atoms with E-state index < -0.39 is 35.1 Å². The molecule has 1 fully saturated rings. The number of amides is 2. The van der Waals surface area contributed by atoms with Gasteiger partial charge in [-0.2, -0.15) is 5.26 Å². The molecule has 5 rings (SSSR count). The number of anilines is 2. The maximum Gasteiger partial charge on any atom is 0.242 e. The first kappa shape index (κ1) is 27.0. The number of benzene rings is 2. The fraction of sp³-hybridized carbons (Fsp3) is 0.321. The molecule has 1 saturated heterocycles. The van der Waals surface area contributed by atoms with Crippen LogP contribution in [-0.4, -0.2) is 33.9 Å². The zero-order valence-corrected chi connectivity index (χ0v) is 22.9. The number of fused-ring (bicyclic) bond motifs is 2. The Bertz CT molecular complexity index is 1520. The van der Waals surface area contributed by atoms with Gasteiger partial charge in [-0.1, -0.05) is 62.2 Å². The summed E-state index contributed by atoms with van der Waals surface area (Å²) in [6, 6.07) is 9.90. The number of nitrogens with one attached hydrogen (secondary N) is 3. The van der Waals surface area contributed by atoms with Crippen molar-refractivity contribution in [2.45, 2.75) is 50.6 Å². The molecule has 2 aliphatic rings. The van der Waals surface area contributed by atoms with Crippen molar-refractivity contribution in [2.75, 3.05) is 10.6 Å². The Kier molecular flexibility index (Phi) is 6.83. The summed E-state index contributed by atoms with van der Waals surface area (Å²) < 4.78 is 15.8. The lowest BCUT2D eigenvalue weighted by molar-refractivity contribution is -0.122. The highest BCUT2D eigenvalue weighted by Gasteiger charge is 2.66. The average Bonchev–Trinajstić information content (AvgIpc) is 3.35. The van der Waals surface area contributed by atoms with Crippen LogP contribution in [0, 0.1) is 22.6 Å². The Hall–Kier alpha value is -3.58. The van der Waals surface area contributed by atoms with Crippen LogP contribution in [0.3, 0.4) is 0 Å².